The van der Waals surface area contributed by atoms with Gasteiger partial charge in [0.1, 0.15) is 6.61 Å². The van der Waals surface area contributed by atoms with Gasteiger partial charge in [0.2, 0.25) is 5.91 Å². The Balaban J connectivity index is 1.27. The Morgan fingerprint density at radius 1 is 1.09 bits per heavy atom. The van der Waals surface area contributed by atoms with Crippen LogP contribution in [0.3, 0.4) is 0 Å². The predicted molar refractivity (Wildman–Crippen MR) is 119 cm³/mol. The third-order valence-corrected chi connectivity index (χ3v) is 6.89. The van der Waals surface area contributed by atoms with Gasteiger partial charge >= 0.3 is 12.1 Å². The minimum atomic E-state index is -0.935. The van der Waals surface area contributed by atoms with Crippen LogP contribution in [0.4, 0.5) is 4.79 Å². The van der Waals surface area contributed by atoms with E-state index in [9.17, 15) is 19.5 Å². The molecular formula is C25H28N2O5. The maximum Gasteiger partial charge on any atom is 0.407 e. The lowest BCUT2D eigenvalue weighted by Gasteiger charge is -2.22. The molecule has 168 valence electrons. The fourth-order valence-electron chi connectivity index (χ4n) is 4.70. The lowest BCUT2D eigenvalue weighted by atomic mass is 9.81. The number of hydrogen-bond acceptors (Lipinski definition) is 4. The summed E-state index contributed by atoms with van der Waals surface area (Å²) in [5, 5.41) is 12.1. The van der Waals surface area contributed by atoms with Gasteiger partial charge in [-0.15, -0.1) is 0 Å². The first-order valence-electron chi connectivity index (χ1n) is 10.9. The molecule has 2 amide bonds. The molecule has 2 N–H and O–H groups in total. The minimum Gasteiger partial charge on any atom is -0.481 e. The fourth-order valence-corrected chi connectivity index (χ4v) is 4.70. The summed E-state index contributed by atoms with van der Waals surface area (Å²) in [5.41, 5.74) is 3.67. The number of nitrogens with one attached hydrogen (secondary N) is 1. The first-order valence-corrected chi connectivity index (χ1v) is 10.9. The van der Waals surface area contributed by atoms with Crippen LogP contribution in [-0.4, -0.2) is 54.2 Å². The average molecular weight is 437 g/mol. The highest BCUT2D eigenvalue weighted by Crippen LogP contribution is 2.44. The summed E-state index contributed by atoms with van der Waals surface area (Å²) in [7, 11) is 0. The molecule has 1 heterocycles. The van der Waals surface area contributed by atoms with Gasteiger partial charge in [-0.1, -0.05) is 55.5 Å². The second kappa shape index (κ2) is 8.65. The zero-order valence-electron chi connectivity index (χ0n) is 18.3. The van der Waals surface area contributed by atoms with Gasteiger partial charge in [0.15, 0.2) is 0 Å². The van der Waals surface area contributed by atoms with Crippen molar-refractivity contribution in [2.24, 2.45) is 11.3 Å². The molecule has 1 aliphatic carbocycles. The van der Waals surface area contributed by atoms with Crippen molar-refractivity contribution in [3.05, 3.63) is 59.7 Å². The van der Waals surface area contributed by atoms with Gasteiger partial charge in [0.25, 0.3) is 0 Å². The van der Waals surface area contributed by atoms with Crippen molar-refractivity contribution < 1.29 is 24.2 Å². The van der Waals surface area contributed by atoms with Gasteiger partial charge in [0, 0.05) is 32.0 Å². The lowest BCUT2D eigenvalue weighted by molar-refractivity contribution is -0.149. The quantitative estimate of drug-likeness (QED) is 0.723. The van der Waals surface area contributed by atoms with E-state index in [1.807, 2.05) is 31.2 Å². The Kier molecular flexibility index (Phi) is 5.91. The van der Waals surface area contributed by atoms with E-state index in [2.05, 4.69) is 29.6 Å². The number of likely N-dealkylation sites (tertiary alicyclic amines) is 1. The van der Waals surface area contributed by atoms with Crippen molar-refractivity contribution in [1.29, 1.82) is 0 Å². The van der Waals surface area contributed by atoms with Crippen LogP contribution in [0.15, 0.2) is 48.5 Å². The van der Waals surface area contributed by atoms with Crippen LogP contribution in [-0.2, 0) is 14.3 Å². The Labute approximate surface area is 187 Å². The molecule has 2 aromatic carbocycles. The number of nitrogens with zero attached hydrogens (tertiary/aromatic N) is 1. The lowest BCUT2D eigenvalue weighted by Crippen LogP contribution is -2.37. The first kappa shape index (κ1) is 21.9. The van der Waals surface area contributed by atoms with Crippen molar-refractivity contribution in [2.45, 2.75) is 26.2 Å². The first-order chi connectivity index (χ1) is 15.3. The standard InChI is InChI=1S/C25H28N2O5/c1-16-13-27(15-25(16,2)23(29)30)22(28)11-12-26-24(31)32-14-21-19-9-5-3-7-17(19)18-8-4-6-10-20(18)21/h3-10,16,21H,11-15H2,1-2H3,(H,26,31)(H,29,30)/t16-,25-/m0/s1. The van der Waals surface area contributed by atoms with Crippen LogP contribution in [0.5, 0.6) is 0 Å². The molecule has 0 spiro atoms. The topological polar surface area (TPSA) is 95.9 Å². The van der Waals surface area contributed by atoms with Crippen molar-refractivity contribution in [2.75, 3.05) is 26.2 Å². The van der Waals surface area contributed by atoms with Gasteiger partial charge in [0.05, 0.1) is 5.41 Å². The highest BCUT2D eigenvalue weighted by Gasteiger charge is 2.47. The van der Waals surface area contributed by atoms with Crippen LogP contribution in [0.2, 0.25) is 0 Å². The average Bonchev–Trinajstić information content (AvgIpc) is 3.27. The summed E-state index contributed by atoms with van der Waals surface area (Å²) in [4.78, 5) is 37.8. The van der Waals surface area contributed by atoms with E-state index in [1.165, 1.54) is 0 Å². The van der Waals surface area contributed by atoms with Crippen LogP contribution < -0.4 is 5.32 Å². The van der Waals surface area contributed by atoms with Crippen molar-refractivity contribution >= 4 is 18.0 Å². The summed E-state index contributed by atoms with van der Waals surface area (Å²) < 4.78 is 5.48. The van der Waals surface area contributed by atoms with E-state index in [4.69, 9.17) is 4.74 Å². The van der Waals surface area contributed by atoms with Crippen LogP contribution >= 0.6 is 0 Å². The van der Waals surface area contributed by atoms with E-state index in [0.29, 0.717) is 6.54 Å². The van der Waals surface area contributed by atoms with E-state index < -0.39 is 17.5 Å². The molecule has 1 aliphatic heterocycles. The molecule has 0 bridgehead atoms. The zero-order valence-corrected chi connectivity index (χ0v) is 18.3. The number of hydrogen-bond donors (Lipinski definition) is 2. The Hall–Kier alpha value is -3.35. The molecule has 1 saturated heterocycles. The zero-order chi connectivity index (χ0) is 22.9. The molecule has 32 heavy (non-hydrogen) atoms. The number of benzene rings is 2. The van der Waals surface area contributed by atoms with Gasteiger partial charge in [-0.3, -0.25) is 9.59 Å². The van der Waals surface area contributed by atoms with Gasteiger partial charge in [-0.05, 0) is 35.1 Å². The molecule has 2 aliphatic rings. The minimum absolute atomic E-state index is 0.0189. The molecule has 7 heteroatoms. The smallest absolute Gasteiger partial charge is 0.407 e. The van der Waals surface area contributed by atoms with E-state index >= 15 is 0 Å². The third-order valence-electron chi connectivity index (χ3n) is 6.89. The van der Waals surface area contributed by atoms with Crippen molar-refractivity contribution in [3.8, 4) is 11.1 Å². The molecule has 0 aromatic heterocycles. The number of ether oxygens (including phenoxy) is 1. The maximum absolute atomic E-state index is 12.5. The summed E-state index contributed by atoms with van der Waals surface area (Å²) in [6, 6.07) is 16.2. The molecule has 0 radical (unpaired) electrons. The Bertz CT molecular complexity index is 1010. The van der Waals surface area contributed by atoms with E-state index in [-0.39, 0.29) is 43.9 Å². The van der Waals surface area contributed by atoms with Crippen LogP contribution in [0.25, 0.3) is 11.1 Å². The molecule has 4 rings (SSSR count). The molecule has 1 fully saturated rings. The highest BCUT2D eigenvalue weighted by molar-refractivity contribution is 5.81. The van der Waals surface area contributed by atoms with Gasteiger partial charge in [-0.25, -0.2) is 4.79 Å². The number of carboxylic acids is 1. The number of carboxylic acid groups (broad SMARTS) is 1. The largest absolute Gasteiger partial charge is 0.481 e. The van der Waals surface area contributed by atoms with Crippen LogP contribution in [0.1, 0.15) is 37.3 Å². The third kappa shape index (κ3) is 3.95. The highest BCUT2D eigenvalue weighted by atomic mass is 16.5. The predicted octanol–water partition coefficient (Wildman–Crippen LogP) is 3.48. The Morgan fingerprint density at radius 2 is 1.69 bits per heavy atom. The Morgan fingerprint density at radius 3 is 2.25 bits per heavy atom. The van der Waals surface area contributed by atoms with E-state index in [1.54, 1.807) is 11.8 Å². The second-order valence-electron chi connectivity index (χ2n) is 8.90. The molecule has 7 nitrogen and oxygen atoms in total. The molecule has 2 aromatic rings. The number of carbonyl (C=O) groups excluding carboxylic acids is 2. The molecule has 0 unspecified atom stereocenters. The number of fused-ring (bicyclic) bond motifs is 3. The molecular weight excluding hydrogens is 408 g/mol. The second-order valence-corrected chi connectivity index (χ2v) is 8.90. The number of amides is 2. The van der Waals surface area contributed by atoms with Crippen LogP contribution in [0, 0.1) is 11.3 Å². The number of aliphatic carboxylic acids is 1. The van der Waals surface area contributed by atoms with Crippen molar-refractivity contribution in [3.63, 3.8) is 0 Å². The number of carbonyl (C=O) groups is 3. The SMILES string of the molecule is C[C@H]1CN(C(=O)CCNC(=O)OCC2c3ccccc3-c3ccccc32)C[C@]1(C)C(=O)O. The van der Waals surface area contributed by atoms with Gasteiger partial charge < -0.3 is 20.1 Å². The summed E-state index contributed by atoms with van der Waals surface area (Å²) in [6.07, 6.45) is -0.461. The summed E-state index contributed by atoms with van der Waals surface area (Å²) in [6.45, 7) is 4.47. The number of rotatable bonds is 6. The van der Waals surface area contributed by atoms with Crippen molar-refractivity contribution in [1.82, 2.24) is 10.2 Å². The summed E-state index contributed by atoms with van der Waals surface area (Å²) >= 11 is 0. The maximum atomic E-state index is 12.5. The monoisotopic (exact) mass is 436 g/mol. The molecule has 2 atom stereocenters. The summed E-state index contributed by atoms with van der Waals surface area (Å²) in [5.74, 6) is -1.20. The molecule has 0 saturated carbocycles. The normalized spacial score (nSPS) is 21.7. The van der Waals surface area contributed by atoms with Gasteiger partial charge in [-0.2, -0.15) is 0 Å². The number of alkyl carbamates (subject to hydrolysis) is 1. The fraction of sp³-hybridized carbons (Fsp3) is 0.400. The van der Waals surface area contributed by atoms with E-state index in [0.717, 1.165) is 22.3 Å².